The SMILES string of the molecule is O=C(NCc1ccc2c(c1)OCO2)C(Cc1cccnc1)c1ccc(Cl)cc1. The molecule has 1 unspecified atom stereocenters. The first-order valence-corrected chi connectivity index (χ1v) is 9.37. The Labute approximate surface area is 168 Å². The van der Waals surface area contributed by atoms with Crippen LogP contribution in [0, 0.1) is 0 Å². The summed E-state index contributed by atoms with van der Waals surface area (Å²) in [5.74, 6) is 1.04. The van der Waals surface area contributed by atoms with Gasteiger partial charge in [-0.1, -0.05) is 35.9 Å². The zero-order valence-electron chi connectivity index (χ0n) is 15.1. The first kappa shape index (κ1) is 18.3. The summed E-state index contributed by atoms with van der Waals surface area (Å²) in [6, 6.07) is 16.9. The zero-order valence-corrected chi connectivity index (χ0v) is 15.9. The minimum absolute atomic E-state index is 0.0520. The number of nitrogens with zero attached hydrogens (tertiary/aromatic N) is 1. The number of carbonyl (C=O) groups excluding carboxylic acids is 1. The molecule has 1 aliphatic heterocycles. The fraction of sp³-hybridized carbons (Fsp3) is 0.182. The number of benzene rings is 2. The Morgan fingerprint density at radius 2 is 1.89 bits per heavy atom. The van der Waals surface area contributed by atoms with Gasteiger partial charge in [0.15, 0.2) is 11.5 Å². The molecule has 142 valence electrons. The molecule has 4 rings (SSSR count). The summed E-state index contributed by atoms with van der Waals surface area (Å²) < 4.78 is 10.7. The molecule has 28 heavy (non-hydrogen) atoms. The van der Waals surface area contributed by atoms with Crippen molar-refractivity contribution in [3.05, 3.63) is 88.7 Å². The zero-order chi connectivity index (χ0) is 19.3. The monoisotopic (exact) mass is 394 g/mol. The predicted octanol–water partition coefficient (Wildman–Crippen LogP) is 4.11. The van der Waals surface area contributed by atoms with E-state index in [0.29, 0.717) is 23.7 Å². The average Bonchev–Trinajstić information content (AvgIpc) is 3.20. The topological polar surface area (TPSA) is 60.5 Å². The average molecular weight is 395 g/mol. The third kappa shape index (κ3) is 4.26. The second kappa shape index (κ2) is 8.31. The first-order valence-electron chi connectivity index (χ1n) is 8.99. The van der Waals surface area contributed by atoms with Crippen LogP contribution < -0.4 is 14.8 Å². The van der Waals surface area contributed by atoms with Crippen molar-refractivity contribution in [3.8, 4) is 11.5 Å². The number of nitrogens with one attached hydrogen (secondary N) is 1. The highest BCUT2D eigenvalue weighted by molar-refractivity contribution is 6.30. The van der Waals surface area contributed by atoms with Crippen molar-refractivity contribution in [3.63, 3.8) is 0 Å². The Bertz CT molecular complexity index is 961. The van der Waals surface area contributed by atoms with E-state index in [4.69, 9.17) is 21.1 Å². The van der Waals surface area contributed by atoms with Crippen LogP contribution in [-0.4, -0.2) is 17.7 Å². The van der Waals surface area contributed by atoms with Crippen LogP contribution in [0.15, 0.2) is 67.0 Å². The summed E-state index contributed by atoms with van der Waals surface area (Å²) in [5.41, 5.74) is 2.87. The van der Waals surface area contributed by atoms with Gasteiger partial charge >= 0.3 is 0 Å². The van der Waals surface area contributed by atoms with Crippen molar-refractivity contribution < 1.29 is 14.3 Å². The standard InChI is InChI=1S/C22H19ClN2O3/c23-18-6-4-17(5-7-18)19(10-15-2-1-9-24-12-15)22(26)25-13-16-3-8-20-21(11-16)28-14-27-20/h1-9,11-12,19H,10,13-14H2,(H,25,26). The highest BCUT2D eigenvalue weighted by Crippen LogP contribution is 2.32. The normalized spacial score (nSPS) is 13.2. The van der Waals surface area contributed by atoms with E-state index < -0.39 is 0 Å². The highest BCUT2D eigenvalue weighted by Gasteiger charge is 2.21. The van der Waals surface area contributed by atoms with Crippen LogP contribution in [0.3, 0.4) is 0 Å². The molecular weight excluding hydrogens is 376 g/mol. The summed E-state index contributed by atoms with van der Waals surface area (Å²) in [6.45, 7) is 0.640. The number of fused-ring (bicyclic) bond motifs is 1. The maximum atomic E-state index is 13.0. The molecule has 6 heteroatoms. The van der Waals surface area contributed by atoms with E-state index in [-0.39, 0.29) is 18.6 Å². The molecule has 2 heterocycles. The van der Waals surface area contributed by atoms with E-state index in [1.54, 1.807) is 24.5 Å². The van der Waals surface area contributed by atoms with E-state index in [1.165, 1.54) is 0 Å². The van der Waals surface area contributed by atoms with Crippen LogP contribution in [0.4, 0.5) is 0 Å². The summed E-state index contributed by atoms with van der Waals surface area (Å²) in [4.78, 5) is 17.2. The Balaban J connectivity index is 1.50. The molecule has 0 saturated heterocycles. The van der Waals surface area contributed by atoms with Crippen LogP contribution in [0.1, 0.15) is 22.6 Å². The largest absolute Gasteiger partial charge is 0.454 e. The molecule has 1 atom stereocenters. The molecule has 5 nitrogen and oxygen atoms in total. The molecule has 1 aliphatic rings. The summed E-state index contributed by atoms with van der Waals surface area (Å²) in [7, 11) is 0. The van der Waals surface area contributed by atoms with Gasteiger partial charge in [0.05, 0.1) is 5.92 Å². The van der Waals surface area contributed by atoms with Gasteiger partial charge in [0.25, 0.3) is 0 Å². The quantitative estimate of drug-likeness (QED) is 0.683. The van der Waals surface area contributed by atoms with Gasteiger partial charge in [-0.05, 0) is 53.4 Å². The summed E-state index contributed by atoms with van der Waals surface area (Å²) >= 11 is 6.01. The molecule has 0 saturated carbocycles. The van der Waals surface area contributed by atoms with E-state index >= 15 is 0 Å². The van der Waals surface area contributed by atoms with E-state index in [9.17, 15) is 4.79 Å². The van der Waals surface area contributed by atoms with Gasteiger partial charge in [-0.25, -0.2) is 0 Å². The number of halogens is 1. The number of amides is 1. The van der Waals surface area contributed by atoms with E-state index in [0.717, 1.165) is 22.4 Å². The van der Waals surface area contributed by atoms with Crippen molar-refractivity contribution in [1.29, 1.82) is 0 Å². The molecule has 1 aromatic heterocycles. The van der Waals surface area contributed by atoms with Crippen molar-refractivity contribution >= 4 is 17.5 Å². The Morgan fingerprint density at radius 3 is 2.68 bits per heavy atom. The van der Waals surface area contributed by atoms with Crippen molar-refractivity contribution in [1.82, 2.24) is 10.3 Å². The van der Waals surface area contributed by atoms with E-state index in [1.807, 2.05) is 42.5 Å². The van der Waals surface area contributed by atoms with E-state index in [2.05, 4.69) is 10.3 Å². The minimum Gasteiger partial charge on any atom is -0.454 e. The number of ether oxygens (including phenoxy) is 2. The molecule has 0 bridgehead atoms. The van der Waals surface area contributed by atoms with Crippen LogP contribution >= 0.6 is 11.6 Å². The summed E-state index contributed by atoms with van der Waals surface area (Å²) in [5, 5.41) is 3.68. The van der Waals surface area contributed by atoms with Crippen LogP contribution in [0.5, 0.6) is 11.5 Å². The lowest BCUT2D eigenvalue weighted by molar-refractivity contribution is -0.122. The number of hydrogen-bond donors (Lipinski definition) is 1. The minimum atomic E-state index is -0.338. The van der Waals surface area contributed by atoms with Gasteiger partial charge < -0.3 is 14.8 Å². The second-order valence-electron chi connectivity index (χ2n) is 6.57. The molecular formula is C22H19ClN2O3. The molecule has 3 aromatic rings. The van der Waals surface area contributed by atoms with Crippen LogP contribution in [-0.2, 0) is 17.8 Å². The molecule has 0 aliphatic carbocycles. The lowest BCUT2D eigenvalue weighted by atomic mass is 9.91. The van der Waals surface area contributed by atoms with Gasteiger partial charge in [-0.3, -0.25) is 9.78 Å². The van der Waals surface area contributed by atoms with Crippen molar-refractivity contribution in [2.75, 3.05) is 6.79 Å². The van der Waals surface area contributed by atoms with Crippen molar-refractivity contribution in [2.24, 2.45) is 0 Å². The molecule has 2 aromatic carbocycles. The third-order valence-electron chi connectivity index (χ3n) is 4.66. The fourth-order valence-corrected chi connectivity index (χ4v) is 3.30. The number of pyridine rings is 1. The molecule has 0 fully saturated rings. The number of carbonyl (C=O) groups is 1. The van der Waals surface area contributed by atoms with Crippen LogP contribution in [0.25, 0.3) is 0 Å². The number of rotatable bonds is 6. The number of hydrogen-bond acceptors (Lipinski definition) is 4. The van der Waals surface area contributed by atoms with Gasteiger partial charge in [0.2, 0.25) is 12.7 Å². The molecule has 0 spiro atoms. The third-order valence-corrected chi connectivity index (χ3v) is 4.91. The van der Waals surface area contributed by atoms with Gasteiger partial charge in [0.1, 0.15) is 0 Å². The predicted molar refractivity (Wildman–Crippen MR) is 107 cm³/mol. The van der Waals surface area contributed by atoms with Crippen LogP contribution in [0.2, 0.25) is 5.02 Å². The maximum absolute atomic E-state index is 13.0. The Hall–Kier alpha value is -3.05. The highest BCUT2D eigenvalue weighted by atomic mass is 35.5. The summed E-state index contributed by atoms with van der Waals surface area (Å²) in [6.07, 6.45) is 4.07. The second-order valence-corrected chi connectivity index (χ2v) is 7.01. The van der Waals surface area contributed by atoms with Gasteiger partial charge in [-0.2, -0.15) is 0 Å². The Kier molecular flexibility index (Phi) is 5.44. The lowest BCUT2D eigenvalue weighted by Gasteiger charge is -2.18. The molecule has 0 radical (unpaired) electrons. The van der Waals surface area contributed by atoms with Gasteiger partial charge in [-0.15, -0.1) is 0 Å². The smallest absolute Gasteiger partial charge is 0.231 e. The first-order chi connectivity index (χ1) is 13.7. The molecule has 1 N–H and O–H groups in total. The van der Waals surface area contributed by atoms with Gasteiger partial charge in [0, 0.05) is 24.0 Å². The number of aromatic nitrogens is 1. The lowest BCUT2D eigenvalue weighted by Crippen LogP contribution is -2.30. The fourth-order valence-electron chi connectivity index (χ4n) is 3.17. The Morgan fingerprint density at radius 1 is 1.07 bits per heavy atom. The molecule has 1 amide bonds. The maximum Gasteiger partial charge on any atom is 0.231 e. The van der Waals surface area contributed by atoms with Crippen molar-refractivity contribution in [2.45, 2.75) is 18.9 Å².